The molecule has 1 aliphatic rings. The predicted octanol–water partition coefficient (Wildman–Crippen LogP) is 5.83. The second kappa shape index (κ2) is 9.27. The normalized spacial score (nSPS) is 20.3. The van der Waals surface area contributed by atoms with Gasteiger partial charge in [0.25, 0.3) is 5.91 Å². The van der Waals surface area contributed by atoms with E-state index in [0.29, 0.717) is 12.1 Å². The van der Waals surface area contributed by atoms with Crippen molar-refractivity contribution < 1.29 is 4.79 Å². The van der Waals surface area contributed by atoms with Crippen molar-refractivity contribution in [2.24, 2.45) is 5.41 Å². The van der Waals surface area contributed by atoms with Gasteiger partial charge in [0, 0.05) is 36.3 Å². The number of hydrogen-bond acceptors (Lipinski definition) is 3. The summed E-state index contributed by atoms with van der Waals surface area (Å²) in [6, 6.07) is 17.4. The summed E-state index contributed by atoms with van der Waals surface area (Å²) >= 11 is 0. The minimum atomic E-state index is -0.294. The average Bonchev–Trinajstić information content (AvgIpc) is 2.69. The Kier molecular flexibility index (Phi) is 7.04. The molecule has 4 nitrogen and oxygen atoms in total. The second-order valence-electron chi connectivity index (χ2n) is 11.4. The van der Waals surface area contributed by atoms with Crippen LogP contribution in [0.25, 0.3) is 11.1 Å². The summed E-state index contributed by atoms with van der Waals surface area (Å²) < 4.78 is 0. The first-order valence-corrected chi connectivity index (χ1v) is 11.9. The van der Waals surface area contributed by atoms with Gasteiger partial charge in [-0.25, -0.2) is 0 Å². The van der Waals surface area contributed by atoms with Crippen LogP contribution in [0.15, 0.2) is 48.5 Å². The number of hydrogen-bond donors (Lipinski definition) is 1. The van der Waals surface area contributed by atoms with Gasteiger partial charge < -0.3 is 10.2 Å². The molecular weight excluding hydrogens is 394 g/mol. The van der Waals surface area contributed by atoms with Gasteiger partial charge in [-0.3, -0.25) is 9.69 Å². The van der Waals surface area contributed by atoms with Crippen LogP contribution < -0.4 is 10.2 Å². The Hall–Kier alpha value is -2.33. The molecular formula is C28H41N3O. The first-order valence-electron chi connectivity index (χ1n) is 11.9. The zero-order valence-corrected chi connectivity index (χ0v) is 21.2. The lowest BCUT2D eigenvalue weighted by atomic mass is 9.81. The molecule has 3 rings (SSSR count). The van der Waals surface area contributed by atoms with Gasteiger partial charge in [-0.05, 0) is 58.2 Å². The lowest BCUT2D eigenvalue weighted by Gasteiger charge is -2.44. The van der Waals surface area contributed by atoms with Crippen LogP contribution >= 0.6 is 0 Å². The highest BCUT2D eigenvalue weighted by atomic mass is 16.1. The molecule has 1 saturated heterocycles. The zero-order chi connectivity index (χ0) is 23.7. The van der Waals surface area contributed by atoms with Crippen LogP contribution in [-0.4, -0.2) is 48.6 Å². The van der Waals surface area contributed by atoms with E-state index >= 15 is 0 Å². The highest BCUT2D eigenvalue weighted by molar-refractivity contribution is 6.04. The van der Waals surface area contributed by atoms with Crippen LogP contribution in [0.2, 0.25) is 0 Å². The summed E-state index contributed by atoms with van der Waals surface area (Å²) in [5, 5.41) is 3.34. The van der Waals surface area contributed by atoms with Crippen LogP contribution in [0.1, 0.15) is 65.2 Å². The summed E-state index contributed by atoms with van der Waals surface area (Å²) in [4.78, 5) is 18.5. The van der Waals surface area contributed by atoms with E-state index in [1.807, 2.05) is 18.2 Å². The Morgan fingerprint density at radius 2 is 1.53 bits per heavy atom. The van der Waals surface area contributed by atoms with Gasteiger partial charge in [-0.15, -0.1) is 0 Å². The second-order valence-corrected chi connectivity index (χ2v) is 11.4. The summed E-state index contributed by atoms with van der Waals surface area (Å²) in [5.74, 6) is 0.00580. The van der Waals surface area contributed by atoms with Crippen molar-refractivity contribution in [2.75, 3.05) is 25.0 Å². The summed E-state index contributed by atoms with van der Waals surface area (Å²) in [6.07, 6.45) is 0.905. The Morgan fingerprint density at radius 1 is 0.938 bits per heavy atom. The summed E-state index contributed by atoms with van der Waals surface area (Å²) in [5.41, 5.74) is 3.92. The smallest absolute Gasteiger partial charge is 0.253 e. The zero-order valence-electron chi connectivity index (χ0n) is 21.2. The number of carbonyl (C=O) groups is 1. The van der Waals surface area contributed by atoms with Crippen molar-refractivity contribution in [1.29, 1.82) is 0 Å². The van der Waals surface area contributed by atoms with E-state index in [0.717, 1.165) is 41.9 Å². The van der Waals surface area contributed by atoms with Gasteiger partial charge in [0.15, 0.2) is 0 Å². The Bertz CT molecular complexity index is 917. The summed E-state index contributed by atoms with van der Waals surface area (Å²) in [6.45, 7) is 17.2. The molecule has 0 radical (unpaired) electrons. The number of nitrogens with one attached hydrogen (secondary N) is 1. The molecule has 1 aliphatic heterocycles. The predicted molar refractivity (Wildman–Crippen MR) is 136 cm³/mol. The topological polar surface area (TPSA) is 35.6 Å². The molecule has 1 N–H and O–H groups in total. The maximum absolute atomic E-state index is 13.7. The van der Waals surface area contributed by atoms with E-state index < -0.39 is 0 Å². The molecule has 0 saturated carbocycles. The monoisotopic (exact) mass is 435 g/mol. The van der Waals surface area contributed by atoms with E-state index in [-0.39, 0.29) is 16.9 Å². The molecule has 0 aromatic heterocycles. The van der Waals surface area contributed by atoms with Gasteiger partial charge >= 0.3 is 0 Å². The lowest BCUT2D eigenvalue weighted by molar-refractivity contribution is 0.0891. The fourth-order valence-electron chi connectivity index (χ4n) is 5.25. The number of likely N-dealkylation sites (N-methyl/N-ethyl adjacent to an activating group) is 1. The van der Waals surface area contributed by atoms with E-state index in [1.165, 1.54) is 0 Å². The molecule has 2 atom stereocenters. The number of anilines is 1. The maximum Gasteiger partial charge on any atom is 0.253 e. The number of benzene rings is 2. The van der Waals surface area contributed by atoms with Gasteiger partial charge in [0.05, 0.1) is 11.3 Å². The fourth-order valence-corrected chi connectivity index (χ4v) is 5.25. The minimum absolute atomic E-state index is 0.00580. The molecule has 0 spiro atoms. The molecule has 2 aromatic carbocycles. The van der Waals surface area contributed by atoms with E-state index in [1.54, 1.807) is 0 Å². The van der Waals surface area contributed by atoms with Crippen molar-refractivity contribution in [1.82, 2.24) is 10.2 Å². The molecule has 1 heterocycles. The molecule has 4 heteroatoms. The minimum Gasteiger partial charge on any atom is -0.367 e. The molecule has 174 valence electrons. The molecule has 0 bridgehead atoms. The fraction of sp³-hybridized carbons (Fsp3) is 0.536. The summed E-state index contributed by atoms with van der Waals surface area (Å²) in [7, 11) is 2.19. The van der Waals surface area contributed by atoms with Crippen molar-refractivity contribution >= 4 is 11.6 Å². The van der Waals surface area contributed by atoms with Crippen LogP contribution in [0, 0.1) is 5.41 Å². The van der Waals surface area contributed by atoms with Crippen molar-refractivity contribution in [2.45, 2.75) is 72.5 Å². The number of para-hydroxylation sites is 1. The third-order valence-corrected chi connectivity index (χ3v) is 6.47. The van der Waals surface area contributed by atoms with Gasteiger partial charge in [0.1, 0.15) is 0 Å². The van der Waals surface area contributed by atoms with Crippen molar-refractivity contribution in [3.63, 3.8) is 0 Å². The first kappa shape index (κ1) is 24.3. The number of nitrogens with zero attached hydrogens (tertiary/aromatic N) is 2. The number of amides is 1. The number of carbonyl (C=O) groups excluding carboxylic acids is 1. The van der Waals surface area contributed by atoms with Crippen LogP contribution in [0.5, 0.6) is 0 Å². The molecule has 1 amide bonds. The highest BCUT2D eigenvalue weighted by Gasteiger charge is 2.32. The number of rotatable bonds is 5. The number of piperazine rings is 1. The molecule has 2 aromatic rings. The molecule has 32 heavy (non-hydrogen) atoms. The lowest BCUT2D eigenvalue weighted by Crippen LogP contribution is -2.55. The van der Waals surface area contributed by atoms with Gasteiger partial charge in [-0.2, -0.15) is 0 Å². The van der Waals surface area contributed by atoms with E-state index in [4.69, 9.17) is 0 Å². The standard InChI is InChI=1S/C28H41N3O/c1-20-17-31(18-21(2)30(20)8)25-23(22-13-10-9-11-14-22)15-12-16-24(25)26(32)29-28(6,7)19-27(3,4)5/h9-16,20-21H,17-19H2,1-8H3,(H,29,32). The average molecular weight is 436 g/mol. The van der Waals surface area contributed by atoms with Crippen LogP contribution in [0.4, 0.5) is 5.69 Å². The Morgan fingerprint density at radius 3 is 2.09 bits per heavy atom. The molecule has 0 aliphatic carbocycles. The van der Waals surface area contributed by atoms with Gasteiger partial charge in [0.2, 0.25) is 0 Å². The third-order valence-electron chi connectivity index (χ3n) is 6.47. The molecule has 2 unspecified atom stereocenters. The van der Waals surface area contributed by atoms with Gasteiger partial charge in [-0.1, -0.05) is 63.2 Å². The van der Waals surface area contributed by atoms with Crippen LogP contribution in [-0.2, 0) is 0 Å². The third kappa shape index (κ3) is 5.72. The Balaban J connectivity index is 2.05. The highest BCUT2D eigenvalue weighted by Crippen LogP contribution is 2.36. The Labute approximate surface area is 195 Å². The SMILES string of the molecule is CC1CN(c2c(C(=O)NC(C)(C)CC(C)(C)C)cccc2-c2ccccc2)CC(C)N1C. The van der Waals surface area contributed by atoms with E-state index in [9.17, 15) is 4.79 Å². The van der Waals surface area contributed by atoms with Crippen molar-refractivity contribution in [3.8, 4) is 11.1 Å². The maximum atomic E-state index is 13.7. The first-order chi connectivity index (χ1) is 14.9. The molecule has 1 fully saturated rings. The van der Waals surface area contributed by atoms with Crippen molar-refractivity contribution in [3.05, 3.63) is 54.1 Å². The largest absolute Gasteiger partial charge is 0.367 e. The van der Waals surface area contributed by atoms with E-state index in [2.05, 4.69) is 101 Å². The van der Waals surface area contributed by atoms with Crippen LogP contribution in [0.3, 0.4) is 0 Å². The quantitative estimate of drug-likeness (QED) is 0.642.